The molecule has 7 heteroatoms. The van der Waals surface area contributed by atoms with Crippen molar-refractivity contribution in [1.82, 2.24) is 15.1 Å². The summed E-state index contributed by atoms with van der Waals surface area (Å²) in [5.41, 5.74) is -0.895. The Morgan fingerprint density at radius 2 is 1.83 bits per heavy atom. The van der Waals surface area contributed by atoms with E-state index in [4.69, 9.17) is 4.74 Å². The molecule has 2 N–H and O–H groups in total. The smallest absolute Gasteiger partial charge is 0.308 e. The first-order valence-corrected chi connectivity index (χ1v) is 8.90. The Labute approximate surface area is 144 Å². The third-order valence-electron chi connectivity index (χ3n) is 5.32. The fraction of sp³-hybridized carbons (Fsp3) is 0.882. The molecule has 1 aliphatic heterocycles. The van der Waals surface area contributed by atoms with E-state index in [0.29, 0.717) is 32.1 Å². The monoisotopic (exact) mass is 341 g/mol. The van der Waals surface area contributed by atoms with Gasteiger partial charge in [-0.2, -0.15) is 0 Å². The average Bonchev–Trinajstić information content (AvgIpc) is 2.59. The van der Waals surface area contributed by atoms with Crippen LogP contribution in [0, 0.1) is 5.92 Å². The second kappa shape index (κ2) is 8.78. The second-order valence-corrected chi connectivity index (χ2v) is 7.19. The third-order valence-corrected chi connectivity index (χ3v) is 5.32. The fourth-order valence-corrected chi connectivity index (χ4v) is 3.42. The number of amides is 1. The van der Waals surface area contributed by atoms with Gasteiger partial charge in [-0.05, 0) is 32.7 Å². The lowest BCUT2D eigenvalue weighted by molar-refractivity contribution is -0.148. The molecule has 0 aromatic rings. The Kier molecular flexibility index (Phi) is 7.01. The van der Waals surface area contributed by atoms with Crippen molar-refractivity contribution in [2.75, 3.05) is 53.4 Å². The van der Waals surface area contributed by atoms with Gasteiger partial charge in [0.25, 0.3) is 0 Å². The van der Waals surface area contributed by atoms with E-state index in [0.717, 1.165) is 32.7 Å². The van der Waals surface area contributed by atoms with E-state index < -0.39 is 5.60 Å². The average molecular weight is 341 g/mol. The number of rotatable bonds is 6. The number of methoxy groups -OCH3 is 1. The highest BCUT2D eigenvalue weighted by Crippen LogP contribution is 2.32. The first-order chi connectivity index (χ1) is 11.4. The SMILES string of the molecule is COC(=O)C1CCC(O)(CNC(=O)CCN2CCN(C)CC2)CC1. The van der Waals surface area contributed by atoms with Crippen molar-refractivity contribution in [3.05, 3.63) is 0 Å². The lowest BCUT2D eigenvalue weighted by atomic mass is 9.79. The van der Waals surface area contributed by atoms with Crippen LogP contribution < -0.4 is 5.32 Å². The largest absolute Gasteiger partial charge is 0.469 e. The van der Waals surface area contributed by atoms with Gasteiger partial charge in [-0.25, -0.2) is 0 Å². The molecule has 0 spiro atoms. The van der Waals surface area contributed by atoms with Crippen molar-refractivity contribution in [2.45, 2.75) is 37.7 Å². The highest BCUT2D eigenvalue weighted by molar-refractivity contribution is 5.76. The summed E-state index contributed by atoms with van der Waals surface area (Å²) in [6, 6.07) is 0. The van der Waals surface area contributed by atoms with Gasteiger partial charge in [0.1, 0.15) is 0 Å². The molecular formula is C17H31N3O4. The number of carbonyl (C=O) groups excluding carboxylic acids is 2. The molecule has 1 aliphatic carbocycles. The molecule has 2 rings (SSSR count). The van der Waals surface area contributed by atoms with Crippen molar-refractivity contribution in [1.29, 1.82) is 0 Å². The van der Waals surface area contributed by atoms with Crippen LogP contribution in [0.5, 0.6) is 0 Å². The molecule has 138 valence electrons. The van der Waals surface area contributed by atoms with Crippen LogP contribution in [-0.4, -0.2) is 85.8 Å². The molecule has 1 saturated carbocycles. The Bertz CT molecular complexity index is 428. The maximum absolute atomic E-state index is 12.0. The normalized spacial score (nSPS) is 29.2. The Balaban J connectivity index is 1.63. The summed E-state index contributed by atoms with van der Waals surface area (Å²) in [4.78, 5) is 28.1. The third kappa shape index (κ3) is 5.72. The van der Waals surface area contributed by atoms with Crippen molar-refractivity contribution in [3.63, 3.8) is 0 Å². The molecule has 0 atom stereocenters. The first kappa shape index (κ1) is 19.1. The number of hydrogen-bond acceptors (Lipinski definition) is 6. The van der Waals surface area contributed by atoms with Gasteiger partial charge in [-0.15, -0.1) is 0 Å². The predicted octanol–water partition coefficient (Wildman–Crippen LogP) is -0.166. The molecular weight excluding hydrogens is 310 g/mol. The van der Waals surface area contributed by atoms with Crippen molar-refractivity contribution in [3.8, 4) is 0 Å². The van der Waals surface area contributed by atoms with Gasteiger partial charge < -0.3 is 25.0 Å². The van der Waals surface area contributed by atoms with Crippen LogP contribution in [0.3, 0.4) is 0 Å². The van der Waals surface area contributed by atoms with E-state index in [1.807, 2.05) is 0 Å². The number of esters is 1. The Morgan fingerprint density at radius 1 is 1.21 bits per heavy atom. The second-order valence-electron chi connectivity index (χ2n) is 7.19. The van der Waals surface area contributed by atoms with E-state index in [1.54, 1.807) is 0 Å². The molecule has 0 radical (unpaired) electrons. The van der Waals surface area contributed by atoms with Crippen LogP contribution in [0.2, 0.25) is 0 Å². The van der Waals surface area contributed by atoms with Gasteiger partial charge >= 0.3 is 5.97 Å². The minimum absolute atomic E-state index is 0.0163. The topological polar surface area (TPSA) is 82.1 Å². The Morgan fingerprint density at radius 3 is 2.42 bits per heavy atom. The summed E-state index contributed by atoms with van der Waals surface area (Å²) in [5.74, 6) is -0.339. The van der Waals surface area contributed by atoms with Gasteiger partial charge in [0.15, 0.2) is 0 Å². The fourth-order valence-electron chi connectivity index (χ4n) is 3.42. The zero-order chi connectivity index (χ0) is 17.6. The zero-order valence-electron chi connectivity index (χ0n) is 14.9. The number of nitrogens with one attached hydrogen (secondary N) is 1. The zero-order valence-corrected chi connectivity index (χ0v) is 14.9. The molecule has 0 unspecified atom stereocenters. The summed E-state index contributed by atoms with van der Waals surface area (Å²) in [6.07, 6.45) is 2.72. The van der Waals surface area contributed by atoms with E-state index in [-0.39, 0.29) is 24.3 Å². The maximum atomic E-state index is 12.0. The summed E-state index contributed by atoms with van der Waals surface area (Å²) in [5, 5.41) is 13.4. The minimum atomic E-state index is -0.895. The van der Waals surface area contributed by atoms with E-state index in [9.17, 15) is 14.7 Å². The molecule has 2 aliphatic rings. The van der Waals surface area contributed by atoms with Crippen molar-refractivity contribution >= 4 is 11.9 Å². The van der Waals surface area contributed by atoms with Gasteiger partial charge in [-0.3, -0.25) is 9.59 Å². The van der Waals surface area contributed by atoms with Crippen LogP contribution in [0.1, 0.15) is 32.1 Å². The number of piperazine rings is 1. The van der Waals surface area contributed by atoms with E-state index >= 15 is 0 Å². The molecule has 1 amide bonds. The van der Waals surface area contributed by atoms with Crippen molar-refractivity contribution in [2.24, 2.45) is 5.92 Å². The standard InChI is InChI=1S/C17H31N3O4/c1-19-9-11-20(12-10-19)8-5-15(21)18-13-17(23)6-3-14(4-7-17)16(22)24-2/h14,23H,3-13H2,1-2H3,(H,18,21). The highest BCUT2D eigenvalue weighted by atomic mass is 16.5. The van der Waals surface area contributed by atoms with Gasteiger partial charge in [0.05, 0.1) is 18.6 Å². The van der Waals surface area contributed by atoms with Gasteiger partial charge in [0, 0.05) is 45.7 Å². The quantitative estimate of drug-likeness (QED) is 0.653. The summed E-state index contributed by atoms with van der Waals surface area (Å²) in [6.45, 7) is 5.13. The number of nitrogens with zero attached hydrogens (tertiary/aromatic N) is 2. The van der Waals surface area contributed by atoms with Crippen LogP contribution in [-0.2, 0) is 14.3 Å². The summed E-state index contributed by atoms with van der Waals surface area (Å²) in [7, 11) is 3.50. The van der Waals surface area contributed by atoms with Crippen LogP contribution in [0.25, 0.3) is 0 Å². The maximum Gasteiger partial charge on any atom is 0.308 e. The molecule has 2 fully saturated rings. The summed E-state index contributed by atoms with van der Waals surface area (Å²) < 4.78 is 4.75. The highest BCUT2D eigenvalue weighted by Gasteiger charge is 2.36. The number of ether oxygens (including phenoxy) is 1. The van der Waals surface area contributed by atoms with E-state index in [1.165, 1.54) is 7.11 Å². The van der Waals surface area contributed by atoms with Gasteiger partial charge in [0.2, 0.25) is 5.91 Å². The van der Waals surface area contributed by atoms with Gasteiger partial charge in [-0.1, -0.05) is 0 Å². The molecule has 1 heterocycles. The minimum Gasteiger partial charge on any atom is -0.469 e. The number of carbonyl (C=O) groups is 2. The number of likely N-dealkylation sites (N-methyl/N-ethyl adjacent to an activating group) is 1. The first-order valence-electron chi connectivity index (χ1n) is 8.90. The molecule has 0 aromatic heterocycles. The van der Waals surface area contributed by atoms with Crippen LogP contribution in [0.15, 0.2) is 0 Å². The summed E-state index contributed by atoms with van der Waals surface area (Å²) >= 11 is 0. The molecule has 7 nitrogen and oxygen atoms in total. The molecule has 24 heavy (non-hydrogen) atoms. The molecule has 0 bridgehead atoms. The van der Waals surface area contributed by atoms with E-state index in [2.05, 4.69) is 22.2 Å². The predicted molar refractivity (Wildman–Crippen MR) is 90.5 cm³/mol. The number of hydrogen-bond donors (Lipinski definition) is 2. The lowest BCUT2D eigenvalue weighted by Gasteiger charge is -2.35. The molecule has 1 saturated heterocycles. The molecule has 0 aromatic carbocycles. The van der Waals surface area contributed by atoms with Crippen LogP contribution in [0.4, 0.5) is 0 Å². The Hall–Kier alpha value is -1.18. The van der Waals surface area contributed by atoms with Crippen molar-refractivity contribution < 1.29 is 19.4 Å². The van der Waals surface area contributed by atoms with Crippen LogP contribution >= 0.6 is 0 Å². The lowest BCUT2D eigenvalue weighted by Crippen LogP contribution is -2.48. The number of aliphatic hydroxyl groups is 1.